The van der Waals surface area contributed by atoms with E-state index >= 15 is 0 Å². The molecule has 0 saturated carbocycles. The predicted molar refractivity (Wildman–Crippen MR) is 132 cm³/mol. The Labute approximate surface area is 207 Å². The molecule has 0 spiro atoms. The molecule has 1 fully saturated rings. The third-order valence-corrected chi connectivity index (χ3v) is 6.19. The van der Waals surface area contributed by atoms with E-state index in [-0.39, 0.29) is 17.6 Å². The second-order valence-electron chi connectivity index (χ2n) is 8.54. The molecule has 1 aliphatic rings. The summed E-state index contributed by atoms with van der Waals surface area (Å²) in [4.78, 5) is 28.6. The number of benzene rings is 3. The predicted octanol–water partition coefficient (Wildman–Crippen LogP) is 5.48. The molecule has 6 nitrogen and oxygen atoms in total. The van der Waals surface area contributed by atoms with Gasteiger partial charge in [-0.25, -0.2) is 0 Å². The van der Waals surface area contributed by atoms with Gasteiger partial charge in [-0.3, -0.25) is 9.59 Å². The van der Waals surface area contributed by atoms with Crippen LogP contribution in [0.5, 0.6) is 5.75 Å². The largest absolute Gasteiger partial charge is 0.573 e. The highest BCUT2D eigenvalue weighted by atomic mass is 19.4. The SMILES string of the molecule is CC(=O)N1CCN(c2ccc(NC(=O)c3cccc(-c4ccc(OC(F)(F)F)cc4)c3C)cc2)CC1. The van der Waals surface area contributed by atoms with E-state index in [0.717, 1.165) is 24.3 Å². The molecule has 0 unspecified atom stereocenters. The van der Waals surface area contributed by atoms with Crippen molar-refractivity contribution in [2.45, 2.75) is 20.2 Å². The summed E-state index contributed by atoms with van der Waals surface area (Å²) in [6.45, 7) is 6.24. The van der Waals surface area contributed by atoms with Crippen molar-refractivity contribution in [2.24, 2.45) is 0 Å². The first kappa shape index (κ1) is 25.1. The standard InChI is InChI=1S/C27H26F3N3O3/c1-18-24(20-6-12-23(13-7-20)36-27(28,29)30)4-3-5-25(18)26(35)31-21-8-10-22(11-9-21)33-16-14-32(15-17-33)19(2)34/h3-13H,14-17H2,1-2H3,(H,31,35). The van der Waals surface area contributed by atoms with Crippen molar-refractivity contribution in [3.05, 3.63) is 77.9 Å². The molecule has 1 saturated heterocycles. The Morgan fingerprint density at radius 2 is 1.53 bits per heavy atom. The van der Waals surface area contributed by atoms with E-state index < -0.39 is 6.36 Å². The van der Waals surface area contributed by atoms with Crippen molar-refractivity contribution in [1.29, 1.82) is 0 Å². The van der Waals surface area contributed by atoms with E-state index in [1.165, 1.54) is 24.3 Å². The maximum absolute atomic E-state index is 13.0. The van der Waals surface area contributed by atoms with Crippen LogP contribution in [0.2, 0.25) is 0 Å². The van der Waals surface area contributed by atoms with Gasteiger partial charge in [0, 0.05) is 50.0 Å². The lowest BCUT2D eigenvalue weighted by atomic mass is 9.96. The van der Waals surface area contributed by atoms with Crippen LogP contribution in [-0.4, -0.2) is 49.3 Å². The summed E-state index contributed by atoms with van der Waals surface area (Å²) in [5.41, 5.74) is 4.25. The van der Waals surface area contributed by atoms with Crippen LogP contribution < -0.4 is 15.0 Å². The first-order chi connectivity index (χ1) is 17.1. The minimum atomic E-state index is -4.75. The van der Waals surface area contributed by atoms with Crippen LogP contribution in [-0.2, 0) is 4.79 Å². The van der Waals surface area contributed by atoms with Gasteiger partial charge in [-0.1, -0.05) is 24.3 Å². The normalized spacial score (nSPS) is 13.9. The molecule has 0 atom stereocenters. The molecular formula is C27H26F3N3O3. The Kier molecular flexibility index (Phi) is 7.19. The van der Waals surface area contributed by atoms with E-state index in [1.54, 1.807) is 26.0 Å². The molecular weight excluding hydrogens is 471 g/mol. The smallest absolute Gasteiger partial charge is 0.406 e. The van der Waals surface area contributed by atoms with Gasteiger partial charge in [0.1, 0.15) is 5.75 Å². The number of piperazine rings is 1. The Balaban J connectivity index is 1.43. The number of alkyl halides is 3. The second kappa shape index (κ2) is 10.3. The maximum Gasteiger partial charge on any atom is 0.573 e. The highest BCUT2D eigenvalue weighted by Crippen LogP contribution is 2.30. The summed E-state index contributed by atoms with van der Waals surface area (Å²) >= 11 is 0. The second-order valence-corrected chi connectivity index (χ2v) is 8.54. The van der Waals surface area contributed by atoms with Crippen LogP contribution in [0.15, 0.2) is 66.7 Å². The first-order valence-corrected chi connectivity index (χ1v) is 11.5. The van der Waals surface area contributed by atoms with Gasteiger partial charge >= 0.3 is 6.36 Å². The molecule has 188 valence electrons. The van der Waals surface area contributed by atoms with Gasteiger partial charge < -0.3 is 19.9 Å². The summed E-state index contributed by atoms with van der Waals surface area (Å²) < 4.78 is 41.2. The van der Waals surface area contributed by atoms with Gasteiger partial charge in [0.2, 0.25) is 5.91 Å². The van der Waals surface area contributed by atoms with Gasteiger partial charge in [-0.15, -0.1) is 13.2 Å². The van der Waals surface area contributed by atoms with Crippen LogP contribution in [0, 0.1) is 6.92 Å². The number of amides is 2. The molecule has 1 heterocycles. The Morgan fingerprint density at radius 1 is 0.889 bits per heavy atom. The van der Waals surface area contributed by atoms with E-state index in [0.29, 0.717) is 35.5 Å². The molecule has 3 aromatic rings. The number of hydrogen-bond donors (Lipinski definition) is 1. The molecule has 0 aliphatic carbocycles. The van der Waals surface area contributed by atoms with Gasteiger partial charge in [0.25, 0.3) is 5.91 Å². The topological polar surface area (TPSA) is 61.9 Å². The van der Waals surface area contributed by atoms with Crippen molar-refractivity contribution >= 4 is 23.2 Å². The van der Waals surface area contributed by atoms with Gasteiger partial charge in [0.15, 0.2) is 0 Å². The molecule has 0 radical (unpaired) electrons. The maximum atomic E-state index is 13.0. The van der Waals surface area contributed by atoms with E-state index in [4.69, 9.17) is 0 Å². The van der Waals surface area contributed by atoms with Gasteiger partial charge in [-0.2, -0.15) is 0 Å². The number of hydrogen-bond acceptors (Lipinski definition) is 4. The number of rotatable bonds is 5. The molecule has 36 heavy (non-hydrogen) atoms. The number of carbonyl (C=O) groups is 2. The Bertz CT molecular complexity index is 1230. The van der Waals surface area contributed by atoms with Crippen molar-refractivity contribution < 1.29 is 27.5 Å². The van der Waals surface area contributed by atoms with Crippen molar-refractivity contribution in [3.8, 4) is 16.9 Å². The lowest BCUT2D eigenvalue weighted by Gasteiger charge is -2.35. The zero-order chi connectivity index (χ0) is 25.9. The molecule has 0 aromatic heterocycles. The van der Waals surface area contributed by atoms with Gasteiger partial charge in [0.05, 0.1) is 0 Å². The summed E-state index contributed by atoms with van der Waals surface area (Å²) in [5, 5.41) is 2.91. The highest BCUT2D eigenvalue weighted by molar-refractivity contribution is 6.06. The third-order valence-electron chi connectivity index (χ3n) is 6.19. The summed E-state index contributed by atoms with van der Waals surface area (Å²) in [6, 6.07) is 18.4. The van der Waals surface area contributed by atoms with Crippen LogP contribution in [0.3, 0.4) is 0 Å². The Morgan fingerprint density at radius 3 is 2.11 bits per heavy atom. The average Bonchev–Trinajstić information content (AvgIpc) is 2.84. The minimum Gasteiger partial charge on any atom is -0.406 e. The van der Waals surface area contributed by atoms with Crippen molar-refractivity contribution in [2.75, 3.05) is 36.4 Å². The monoisotopic (exact) mass is 497 g/mol. The molecule has 3 aromatic carbocycles. The number of carbonyl (C=O) groups excluding carboxylic acids is 2. The van der Waals surface area contributed by atoms with Crippen LogP contribution in [0.1, 0.15) is 22.8 Å². The fourth-order valence-corrected chi connectivity index (χ4v) is 4.26. The van der Waals surface area contributed by atoms with Crippen LogP contribution in [0.25, 0.3) is 11.1 Å². The molecule has 0 bridgehead atoms. The quantitative estimate of drug-likeness (QED) is 0.507. The molecule has 1 aliphatic heterocycles. The number of nitrogens with zero attached hydrogens (tertiary/aromatic N) is 2. The summed E-state index contributed by atoms with van der Waals surface area (Å²) in [5.74, 6) is -0.504. The molecule has 9 heteroatoms. The van der Waals surface area contributed by atoms with E-state index in [9.17, 15) is 22.8 Å². The summed E-state index contributed by atoms with van der Waals surface area (Å²) in [7, 11) is 0. The highest BCUT2D eigenvalue weighted by Gasteiger charge is 2.31. The zero-order valence-corrected chi connectivity index (χ0v) is 19.9. The lowest BCUT2D eigenvalue weighted by Crippen LogP contribution is -2.48. The molecule has 2 amide bonds. The Hall–Kier alpha value is -4.01. The number of ether oxygens (including phenoxy) is 1. The fraction of sp³-hybridized carbons (Fsp3) is 0.259. The minimum absolute atomic E-state index is 0.0829. The zero-order valence-electron chi connectivity index (χ0n) is 19.9. The number of anilines is 2. The van der Waals surface area contributed by atoms with Crippen molar-refractivity contribution in [1.82, 2.24) is 4.90 Å². The number of halogens is 3. The fourth-order valence-electron chi connectivity index (χ4n) is 4.26. The molecule has 4 rings (SSSR count). The van der Waals surface area contributed by atoms with E-state index in [2.05, 4.69) is 15.0 Å². The number of nitrogens with one attached hydrogen (secondary N) is 1. The first-order valence-electron chi connectivity index (χ1n) is 11.5. The third kappa shape index (κ3) is 5.97. The van der Waals surface area contributed by atoms with E-state index in [1.807, 2.05) is 35.2 Å². The lowest BCUT2D eigenvalue weighted by molar-refractivity contribution is -0.274. The van der Waals surface area contributed by atoms with Crippen LogP contribution in [0.4, 0.5) is 24.5 Å². The van der Waals surface area contributed by atoms with Crippen LogP contribution >= 0.6 is 0 Å². The molecule has 1 N–H and O–H groups in total. The van der Waals surface area contributed by atoms with Gasteiger partial charge in [-0.05, 0) is 66.1 Å². The van der Waals surface area contributed by atoms with Crippen molar-refractivity contribution in [3.63, 3.8) is 0 Å². The summed E-state index contributed by atoms with van der Waals surface area (Å²) in [6.07, 6.45) is -4.75. The average molecular weight is 498 g/mol.